The van der Waals surface area contributed by atoms with Gasteiger partial charge in [0, 0.05) is 17.7 Å². The van der Waals surface area contributed by atoms with E-state index in [2.05, 4.69) is 6.58 Å². The Morgan fingerprint density at radius 2 is 2.25 bits per heavy atom. The minimum Gasteiger partial charge on any atom is -0.496 e. The van der Waals surface area contributed by atoms with Crippen molar-refractivity contribution in [2.24, 2.45) is 5.73 Å². The molecular weight excluding hydrogens is 229 g/mol. The maximum Gasteiger partial charge on any atom is 0.126 e. The molecule has 16 heavy (non-hydrogen) atoms. The predicted octanol–water partition coefficient (Wildman–Crippen LogP) is 3.22. The molecule has 0 amide bonds. The lowest BCUT2D eigenvalue weighted by Crippen LogP contribution is -2.11. The summed E-state index contributed by atoms with van der Waals surface area (Å²) in [7, 11) is 1.51. The summed E-state index contributed by atoms with van der Waals surface area (Å²) in [6.07, 6.45) is 3.43. The van der Waals surface area contributed by atoms with Crippen molar-refractivity contribution in [2.45, 2.75) is 18.9 Å². The second-order valence-corrected chi connectivity index (χ2v) is 3.36. The van der Waals surface area contributed by atoms with Gasteiger partial charge in [0.25, 0.3) is 0 Å². The van der Waals surface area contributed by atoms with Crippen LogP contribution >= 0.6 is 12.4 Å². The Hall–Kier alpha value is -1.06. The highest BCUT2D eigenvalue weighted by atomic mass is 35.5. The molecule has 2 nitrogen and oxygen atoms in total. The van der Waals surface area contributed by atoms with E-state index < -0.39 is 0 Å². The third-order valence-corrected chi connectivity index (χ3v) is 2.28. The molecule has 1 aromatic carbocycles. The minimum atomic E-state index is -0.313. The Kier molecular flexibility index (Phi) is 6.77. The molecule has 1 rings (SSSR count). The van der Waals surface area contributed by atoms with Gasteiger partial charge in [-0.15, -0.1) is 19.0 Å². The number of methoxy groups -OCH3 is 1. The molecule has 0 saturated heterocycles. The van der Waals surface area contributed by atoms with Gasteiger partial charge in [0.15, 0.2) is 0 Å². The Balaban J connectivity index is 0.00000225. The van der Waals surface area contributed by atoms with Gasteiger partial charge in [0.2, 0.25) is 0 Å². The van der Waals surface area contributed by atoms with Gasteiger partial charge in [-0.25, -0.2) is 4.39 Å². The standard InChI is InChI=1S/C12H16FNO.ClH/c1-3-4-5-11(14)10-7-6-9(13)8-12(10)15-2;/h3,6-8,11H,1,4-5,14H2,2H3;1H/t11-;/m0./s1. The van der Waals surface area contributed by atoms with Crippen LogP contribution in [-0.4, -0.2) is 7.11 Å². The number of nitrogens with two attached hydrogens (primary N) is 1. The molecule has 1 aromatic rings. The van der Waals surface area contributed by atoms with E-state index in [0.29, 0.717) is 5.75 Å². The predicted molar refractivity (Wildman–Crippen MR) is 66.6 cm³/mol. The maximum absolute atomic E-state index is 12.9. The van der Waals surface area contributed by atoms with Crippen LogP contribution in [-0.2, 0) is 0 Å². The summed E-state index contributed by atoms with van der Waals surface area (Å²) >= 11 is 0. The smallest absolute Gasteiger partial charge is 0.126 e. The van der Waals surface area contributed by atoms with Crippen LogP contribution in [0.4, 0.5) is 4.39 Å². The fourth-order valence-electron chi connectivity index (χ4n) is 1.44. The van der Waals surface area contributed by atoms with E-state index in [1.54, 1.807) is 6.07 Å². The number of rotatable bonds is 5. The second kappa shape index (κ2) is 7.25. The topological polar surface area (TPSA) is 35.2 Å². The monoisotopic (exact) mass is 245 g/mol. The van der Waals surface area contributed by atoms with Gasteiger partial charge >= 0.3 is 0 Å². The largest absolute Gasteiger partial charge is 0.496 e. The molecule has 0 fully saturated rings. The van der Waals surface area contributed by atoms with Crippen molar-refractivity contribution in [1.29, 1.82) is 0 Å². The summed E-state index contributed by atoms with van der Waals surface area (Å²) in [4.78, 5) is 0. The minimum absolute atomic E-state index is 0. The molecule has 1 atom stereocenters. The SMILES string of the molecule is C=CCC[C@H](N)c1ccc(F)cc1OC.Cl. The lowest BCUT2D eigenvalue weighted by Gasteiger charge is -2.14. The van der Waals surface area contributed by atoms with Gasteiger partial charge in [-0.2, -0.15) is 0 Å². The second-order valence-electron chi connectivity index (χ2n) is 3.36. The van der Waals surface area contributed by atoms with Gasteiger partial charge in [-0.3, -0.25) is 0 Å². The van der Waals surface area contributed by atoms with E-state index in [1.165, 1.54) is 19.2 Å². The average Bonchev–Trinajstić information content (AvgIpc) is 2.25. The van der Waals surface area contributed by atoms with Crippen molar-refractivity contribution in [3.05, 3.63) is 42.2 Å². The van der Waals surface area contributed by atoms with Gasteiger partial charge in [0.05, 0.1) is 7.11 Å². The molecule has 0 radical (unpaired) electrons. The van der Waals surface area contributed by atoms with Crippen molar-refractivity contribution >= 4 is 12.4 Å². The van der Waals surface area contributed by atoms with Crippen LogP contribution in [0, 0.1) is 5.82 Å². The molecule has 0 aliphatic carbocycles. The summed E-state index contributed by atoms with van der Waals surface area (Å²) in [6.45, 7) is 3.64. The number of hydrogen-bond donors (Lipinski definition) is 1. The molecular formula is C12H17ClFNO. The fraction of sp³-hybridized carbons (Fsp3) is 0.333. The number of allylic oxidation sites excluding steroid dienone is 1. The highest BCUT2D eigenvalue weighted by Gasteiger charge is 2.11. The maximum atomic E-state index is 12.9. The number of ether oxygens (including phenoxy) is 1. The summed E-state index contributed by atoms with van der Waals surface area (Å²) in [5.41, 5.74) is 6.79. The molecule has 4 heteroatoms. The Labute approximate surface area is 102 Å². The Morgan fingerprint density at radius 1 is 1.56 bits per heavy atom. The molecule has 0 heterocycles. The van der Waals surface area contributed by atoms with E-state index in [9.17, 15) is 4.39 Å². The van der Waals surface area contributed by atoms with Gasteiger partial charge in [-0.1, -0.05) is 12.1 Å². The fourth-order valence-corrected chi connectivity index (χ4v) is 1.44. The van der Waals surface area contributed by atoms with Crippen LogP contribution in [0.3, 0.4) is 0 Å². The van der Waals surface area contributed by atoms with E-state index in [4.69, 9.17) is 10.5 Å². The molecule has 0 unspecified atom stereocenters. The average molecular weight is 246 g/mol. The summed E-state index contributed by atoms with van der Waals surface area (Å²) in [5.74, 6) is 0.193. The van der Waals surface area contributed by atoms with Crippen LogP contribution < -0.4 is 10.5 Å². The number of halogens is 2. The van der Waals surface area contributed by atoms with Gasteiger partial charge in [0.1, 0.15) is 11.6 Å². The zero-order valence-electron chi connectivity index (χ0n) is 9.28. The van der Waals surface area contributed by atoms with E-state index in [-0.39, 0.29) is 24.3 Å². The van der Waals surface area contributed by atoms with E-state index in [0.717, 1.165) is 18.4 Å². The van der Waals surface area contributed by atoms with Crippen LogP contribution in [0.1, 0.15) is 24.4 Å². The van der Waals surface area contributed by atoms with E-state index in [1.807, 2.05) is 6.08 Å². The lowest BCUT2D eigenvalue weighted by atomic mass is 10.0. The third kappa shape index (κ3) is 3.83. The molecule has 0 aliphatic heterocycles. The van der Waals surface area contributed by atoms with Crippen molar-refractivity contribution < 1.29 is 9.13 Å². The zero-order chi connectivity index (χ0) is 11.3. The molecule has 0 aromatic heterocycles. The first-order chi connectivity index (χ1) is 7.19. The summed E-state index contributed by atoms with van der Waals surface area (Å²) < 4.78 is 18.0. The quantitative estimate of drug-likeness (QED) is 0.809. The van der Waals surface area contributed by atoms with E-state index >= 15 is 0 Å². The molecule has 0 spiro atoms. The molecule has 0 saturated carbocycles. The summed E-state index contributed by atoms with van der Waals surface area (Å²) in [6, 6.07) is 4.27. The first-order valence-electron chi connectivity index (χ1n) is 4.89. The van der Waals surface area contributed by atoms with Crippen LogP contribution in [0.5, 0.6) is 5.75 Å². The van der Waals surface area contributed by atoms with Crippen LogP contribution in [0.15, 0.2) is 30.9 Å². The number of hydrogen-bond acceptors (Lipinski definition) is 2. The normalized spacial score (nSPS) is 11.4. The Morgan fingerprint density at radius 3 is 2.81 bits per heavy atom. The molecule has 90 valence electrons. The van der Waals surface area contributed by atoms with Crippen LogP contribution in [0.25, 0.3) is 0 Å². The molecule has 0 bridgehead atoms. The number of benzene rings is 1. The molecule has 0 aliphatic rings. The lowest BCUT2D eigenvalue weighted by molar-refractivity contribution is 0.401. The molecule has 2 N–H and O–H groups in total. The zero-order valence-corrected chi connectivity index (χ0v) is 10.1. The summed E-state index contributed by atoms with van der Waals surface area (Å²) in [5, 5.41) is 0. The van der Waals surface area contributed by atoms with Gasteiger partial charge < -0.3 is 10.5 Å². The van der Waals surface area contributed by atoms with Crippen LogP contribution in [0.2, 0.25) is 0 Å². The van der Waals surface area contributed by atoms with Crippen molar-refractivity contribution in [3.63, 3.8) is 0 Å². The first kappa shape index (κ1) is 14.9. The first-order valence-corrected chi connectivity index (χ1v) is 4.89. The highest BCUT2D eigenvalue weighted by Crippen LogP contribution is 2.27. The third-order valence-electron chi connectivity index (χ3n) is 2.28. The van der Waals surface area contributed by atoms with Crippen molar-refractivity contribution in [2.75, 3.05) is 7.11 Å². The highest BCUT2D eigenvalue weighted by molar-refractivity contribution is 5.85. The van der Waals surface area contributed by atoms with Crippen molar-refractivity contribution in [3.8, 4) is 5.75 Å². The van der Waals surface area contributed by atoms with Gasteiger partial charge in [-0.05, 0) is 18.9 Å². The Bertz CT molecular complexity index is 344. The van der Waals surface area contributed by atoms with Crippen molar-refractivity contribution in [1.82, 2.24) is 0 Å².